The predicted octanol–water partition coefficient (Wildman–Crippen LogP) is 3.50. The van der Waals surface area contributed by atoms with E-state index in [9.17, 15) is 0 Å². The second-order valence-corrected chi connectivity index (χ2v) is 6.49. The van der Waals surface area contributed by atoms with Crippen molar-refractivity contribution in [1.82, 2.24) is 19.7 Å². The molecule has 0 unspecified atom stereocenters. The van der Waals surface area contributed by atoms with Crippen LogP contribution in [0.4, 0.5) is 0 Å². The van der Waals surface area contributed by atoms with Crippen molar-refractivity contribution < 1.29 is 4.42 Å². The summed E-state index contributed by atoms with van der Waals surface area (Å²) in [6, 6.07) is 14.2. The largest absolute Gasteiger partial charge is 0.465 e. The topological polar surface area (TPSA) is 47.1 Å². The van der Waals surface area contributed by atoms with Crippen molar-refractivity contribution in [3.63, 3.8) is 0 Å². The molecule has 5 nitrogen and oxygen atoms in total. The van der Waals surface area contributed by atoms with E-state index in [0.717, 1.165) is 55.6 Å². The summed E-state index contributed by atoms with van der Waals surface area (Å²) in [5.74, 6) is 2.96. The second kappa shape index (κ2) is 7.07. The molecule has 0 saturated heterocycles. The molecule has 0 saturated carbocycles. The Morgan fingerprint density at radius 2 is 1.96 bits per heavy atom. The van der Waals surface area contributed by atoms with Crippen LogP contribution in [-0.4, -0.2) is 39.3 Å². The summed E-state index contributed by atoms with van der Waals surface area (Å²) < 4.78 is 7.67. The molecule has 25 heavy (non-hydrogen) atoms. The Kier molecular flexibility index (Phi) is 4.48. The first-order valence-corrected chi connectivity index (χ1v) is 8.70. The minimum atomic E-state index is 0.913. The van der Waals surface area contributed by atoms with E-state index in [-0.39, 0.29) is 0 Å². The Morgan fingerprint density at radius 3 is 2.76 bits per heavy atom. The number of fused-ring (bicyclic) bond motifs is 1. The second-order valence-electron chi connectivity index (χ2n) is 6.49. The molecule has 0 aliphatic carbocycles. The molecule has 2 aromatic heterocycles. The van der Waals surface area contributed by atoms with E-state index in [0.29, 0.717) is 0 Å². The van der Waals surface area contributed by atoms with Crippen molar-refractivity contribution in [2.75, 3.05) is 19.6 Å². The number of furan rings is 1. The van der Waals surface area contributed by atoms with Gasteiger partial charge in [0.05, 0.1) is 6.26 Å². The molecule has 0 bridgehead atoms. The van der Waals surface area contributed by atoms with Gasteiger partial charge in [-0.1, -0.05) is 35.9 Å². The molecule has 128 valence electrons. The zero-order valence-corrected chi connectivity index (χ0v) is 14.4. The maximum atomic E-state index is 5.40. The predicted molar refractivity (Wildman–Crippen MR) is 98.0 cm³/mol. The number of rotatable bonds is 4. The van der Waals surface area contributed by atoms with Gasteiger partial charge in [-0.2, -0.15) is 0 Å². The Balaban J connectivity index is 1.47. The molecule has 0 radical (unpaired) electrons. The number of aromatic nitrogens is 3. The van der Waals surface area contributed by atoms with E-state index < -0.39 is 0 Å². The van der Waals surface area contributed by atoms with E-state index in [1.165, 1.54) is 5.57 Å². The minimum absolute atomic E-state index is 0.913. The van der Waals surface area contributed by atoms with E-state index in [1.54, 1.807) is 6.26 Å². The van der Waals surface area contributed by atoms with E-state index in [4.69, 9.17) is 4.42 Å². The third-order valence-electron chi connectivity index (χ3n) is 4.56. The SMILES string of the molecule is C/C(=C\c1ccco1)CN1CCc2nnc(-c3ccccc3)n2CC1. The molecule has 3 heterocycles. The maximum Gasteiger partial charge on any atom is 0.164 e. The number of benzene rings is 1. The van der Waals surface area contributed by atoms with Gasteiger partial charge >= 0.3 is 0 Å². The molecule has 3 aromatic rings. The van der Waals surface area contributed by atoms with Gasteiger partial charge in [-0.05, 0) is 25.1 Å². The summed E-state index contributed by atoms with van der Waals surface area (Å²) >= 11 is 0. The standard InChI is InChI=1S/C20H22N4O/c1-16(14-18-8-5-13-25-18)15-23-10-9-19-21-22-20(24(19)12-11-23)17-6-3-2-4-7-17/h2-8,13-14H,9-12,15H2,1H3/b16-14+. The van der Waals surface area contributed by atoms with Gasteiger partial charge < -0.3 is 8.98 Å². The summed E-state index contributed by atoms with van der Waals surface area (Å²) in [5.41, 5.74) is 2.43. The number of nitrogens with zero attached hydrogens (tertiary/aromatic N) is 4. The van der Waals surface area contributed by atoms with Crippen molar-refractivity contribution in [2.24, 2.45) is 0 Å². The van der Waals surface area contributed by atoms with Crippen LogP contribution in [0.3, 0.4) is 0 Å². The molecule has 0 amide bonds. The van der Waals surface area contributed by atoms with Crippen LogP contribution in [0.5, 0.6) is 0 Å². The first-order valence-electron chi connectivity index (χ1n) is 8.70. The Labute approximate surface area is 147 Å². The summed E-state index contributed by atoms with van der Waals surface area (Å²) in [6.07, 6.45) is 4.75. The van der Waals surface area contributed by atoms with Crippen LogP contribution >= 0.6 is 0 Å². The van der Waals surface area contributed by atoms with Crippen molar-refractivity contribution in [1.29, 1.82) is 0 Å². The quantitative estimate of drug-likeness (QED) is 0.733. The monoisotopic (exact) mass is 334 g/mol. The first kappa shape index (κ1) is 15.8. The summed E-state index contributed by atoms with van der Waals surface area (Å²) in [6.45, 7) is 6.01. The fraction of sp³-hybridized carbons (Fsp3) is 0.300. The van der Waals surface area contributed by atoms with E-state index in [2.05, 4.69) is 44.8 Å². The Hall–Kier alpha value is -2.66. The van der Waals surface area contributed by atoms with Gasteiger partial charge in [0.15, 0.2) is 5.82 Å². The average Bonchev–Trinajstić information content (AvgIpc) is 3.23. The van der Waals surface area contributed by atoms with E-state index in [1.807, 2.05) is 30.3 Å². The molecule has 1 aliphatic heterocycles. The first-order chi connectivity index (χ1) is 12.3. The number of hydrogen-bond donors (Lipinski definition) is 0. The van der Waals surface area contributed by atoms with Gasteiger partial charge in [-0.25, -0.2) is 0 Å². The van der Waals surface area contributed by atoms with Crippen LogP contribution in [0, 0.1) is 0 Å². The summed E-state index contributed by atoms with van der Waals surface area (Å²) in [7, 11) is 0. The highest BCUT2D eigenvalue weighted by atomic mass is 16.3. The smallest absolute Gasteiger partial charge is 0.164 e. The third-order valence-corrected chi connectivity index (χ3v) is 4.56. The average molecular weight is 334 g/mol. The molecular weight excluding hydrogens is 312 g/mol. The lowest BCUT2D eigenvalue weighted by Gasteiger charge is -2.19. The Bertz CT molecular complexity index is 849. The molecular formula is C20H22N4O. The molecule has 5 heteroatoms. The van der Waals surface area contributed by atoms with Crippen LogP contribution in [-0.2, 0) is 13.0 Å². The van der Waals surface area contributed by atoms with Gasteiger partial charge in [0.25, 0.3) is 0 Å². The fourth-order valence-corrected chi connectivity index (χ4v) is 3.34. The lowest BCUT2D eigenvalue weighted by molar-refractivity contribution is 0.303. The zero-order chi connectivity index (χ0) is 17.1. The highest BCUT2D eigenvalue weighted by Crippen LogP contribution is 2.20. The van der Waals surface area contributed by atoms with Crippen LogP contribution in [0.1, 0.15) is 18.5 Å². The molecule has 4 rings (SSSR count). The highest BCUT2D eigenvalue weighted by Gasteiger charge is 2.19. The third kappa shape index (κ3) is 3.56. The molecule has 1 aliphatic rings. The summed E-state index contributed by atoms with van der Waals surface area (Å²) in [5, 5.41) is 8.84. The summed E-state index contributed by atoms with van der Waals surface area (Å²) in [4.78, 5) is 2.47. The van der Waals surface area contributed by atoms with Crippen molar-refractivity contribution in [3.8, 4) is 11.4 Å². The van der Waals surface area contributed by atoms with Gasteiger partial charge in [0, 0.05) is 38.2 Å². The van der Waals surface area contributed by atoms with Crippen molar-refractivity contribution in [2.45, 2.75) is 19.9 Å². The molecule has 0 spiro atoms. The van der Waals surface area contributed by atoms with Crippen LogP contribution in [0.25, 0.3) is 17.5 Å². The minimum Gasteiger partial charge on any atom is -0.465 e. The lowest BCUT2D eigenvalue weighted by atomic mass is 10.2. The molecule has 1 aromatic carbocycles. The van der Waals surface area contributed by atoms with Gasteiger partial charge in [-0.15, -0.1) is 10.2 Å². The number of hydrogen-bond acceptors (Lipinski definition) is 4. The highest BCUT2D eigenvalue weighted by molar-refractivity contribution is 5.55. The molecule has 0 N–H and O–H groups in total. The maximum absolute atomic E-state index is 5.40. The van der Waals surface area contributed by atoms with Gasteiger partial charge in [0.2, 0.25) is 0 Å². The molecule has 0 atom stereocenters. The Morgan fingerprint density at radius 1 is 1.08 bits per heavy atom. The van der Waals surface area contributed by atoms with Crippen molar-refractivity contribution in [3.05, 3.63) is 65.9 Å². The van der Waals surface area contributed by atoms with E-state index >= 15 is 0 Å². The van der Waals surface area contributed by atoms with Crippen LogP contribution < -0.4 is 0 Å². The normalized spacial score (nSPS) is 15.8. The zero-order valence-electron chi connectivity index (χ0n) is 14.4. The van der Waals surface area contributed by atoms with Gasteiger partial charge in [-0.3, -0.25) is 4.90 Å². The van der Waals surface area contributed by atoms with Crippen molar-refractivity contribution >= 4 is 6.08 Å². The van der Waals surface area contributed by atoms with Gasteiger partial charge in [0.1, 0.15) is 11.6 Å². The van der Waals surface area contributed by atoms with Crippen LogP contribution in [0.2, 0.25) is 0 Å². The molecule has 0 fully saturated rings. The lowest BCUT2D eigenvalue weighted by Crippen LogP contribution is -2.28. The van der Waals surface area contributed by atoms with Crippen LogP contribution in [0.15, 0.2) is 58.7 Å². The fourth-order valence-electron chi connectivity index (χ4n) is 3.34.